The molecule has 0 amide bonds. The zero-order valence-corrected chi connectivity index (χ0v) is 8.90. The normalized spacial score (nSPS) is 12.5. The van der Waals surface area contributed by atoms with Gasteiger partial charge in [-0.2, -0.15) is 0 Å². The molecule has 0 aromatic heterocycles. The summed E-state index contributed by atoms with van der Waals surface area (Å²) in [5.41, 5.74) is 0.822. The van der Waals surface area contributed by atoms with Crippen LogP contribution in [0.5, 0.6) is 17.2 Å². The number of aliphatic hydroxyl groups is 1. The number of phenolic OH excluding ortho intramolecular Hbond substituents is 2. The van der Waals surface area contributed by atoms with Gasteiger partial charge in [0.25, 0.3) is 0 Å². The number of methoxy groups -OCH3 is 1. The Labute approximate surface area is 88.8 Å². The third-order valence-corrected chi connectivity index (χ3v) is 2.19. The number of ether oxygens (including phenoxy) is 1. The van der Waals surface area contributed by atoms with E-state index in [9.17, 15) is 10.2 Å². The predicted octanol–water partition coefficient (Wildman–Crippen LogP) is 1.42. The first-order valence-corrected chi connectivity index (χ1v) is 4.81. The van der Waals surface area contributed by atoms with Crippen molar-refractivity contribution in [3.63, 3.8) is 0 Å². The van der Waals surface area contributed by atoms with Crippen LogP contribution in [0.15, 0.2) is 12.1 Å². The Balaban J connectivity index is 2.86. The van der Waals surface area contributed by atoms with Gasteiger partial charge in [-0.1, -0.05) is 0 Å². The van der Waals surface area contributed by atoms with Crippen molar-refractivity contribution in [2.45, 2.75) is 25.9 Å². The van der Waals surface area contributed by atoms with Crippen LogP contribution in [0.3, 0.4) is 0 Å². The van der Waals surface area contributed by atoms with Gasteiger partial charge in [-0.3, -0.25) is 0 Å². The SMILES string of the molecule is COc1cc(CCC(C)O)cc(O)c1O. The van der Waals surface area contributed by atoms with E-state index in [0.29, 0.717) is 12.8 Å². The average Bonchev–Trinajstić information content (AvgIpc) is 2.19. The molecule has 0 heterocycles. The van der Waals surface area contributed by atoms with Crippen LogP contribution in [0.2, 0.25) is 0 Å². The van der Waals surface area contributed by atoms with Gasteiger partial charge in [0, 0.05) is 0 Å². The van der Waals surface area contributed by atoms with Gasteiger partial charge in [-0.05, 0) is 37.5 Å². The molecule has 3 N–H and O–H groups in total. The first-order valence-electron chi connectivity index (χ1n) is 4.81. The van der Waals surface area contributed by atoms with Gasteiger partial charge in [0.15, 0.2) is 11.5 Å². The molecule has 4 heteroatoms. The van der Waals surface area contributed by atoms with E-state index in [1.54, 1.807) is 13.0 Å². The molecule has 0 aliphatic rings. The van der Waals surface area contributed by atoms with Crippen molar-refractivity contribution in [2.24, 2.45) is 0 Å². The molecule has 4 nitrogen and oxygen atoms in total. The Morgan fingerprint density at radius 2 is 2.00 bits per heavy atom. The van der Waals surface area contributed by atoms with Crippen LogP contribution in [0.4, 0.5) is 0 Å². The first kappa shape index (κ1) is 11.7. The van der Waals surface area contributed by atoms with E-state index in [2.05, 4.69) is 0 Å². The van der Waals surface area contributed by atoms with Gasteiger partial charge in [0.1, 0.15) is 0 Å². The summed E-state index contributed by atoms with van der Waals surface area (Å²) >= 11 is 0. The number of rotatable bonds is 4. The standard InChI is InChI=1S/C11H16O4/c1-7(12)3-4-8-5-9(13)11(14)10(6-8)15-2/h5-7,12-14H,3-4H2,1-2H3. The number of aryl methyl sites for hydroxylation is 1. The summed E-state index contributed by atoms with van der Waals surface area (Å²) < 4.78 is 4.90. The first-order chi connectivity index (χ1) is 7.04. The molecule has 15 heavy (non-hydrogen) atoms. The molecule has 0 saturated carbocycles. The van der Waals surface area contributed by atoms with E-state index in [4.69, 9.17) is 9.84 Å². The van der Waals surface area contributed by atoms with Crippen LogP contribution in [0.25, 0.3) is 0 Å². The lowest BCUT2D eigenvalue weighted by molar-refractivity contribution is 0.185. The summed E-state index contributed by atoms with van der Waals surface area (Å²) in [4.78, 5) is 0. The molecular formula is C11H16O4. The van der Waals surface area contributed by atoms with Crippen LogP contribution < -0.4 is 4.74 Å². The van der Waals surface area contributed by atoms with E-state index >= 15 is 0 Å². The number of aromatic hydroxyl groups is 2. The summed E-state index contributed by atoms with van der Waals surface area (Å²) in [6, 6.07) is 3.12. The van der Waals surface area contributed by atoms with E-state index in [1.807, 2.05) is 0 Å². The van der Waals surface area contributed by atoms with Crippen LogP contribution in [-0.2, 0) is 6.42 Å². The Morgan fingerprint density at radius 3 is 2.53 bits per heavy atom. The summed E-state index contributed by atoms with van der Waals surface area (Å²) in [7, 11) is 1.42. The smallest absolute Gasteiger partial charge is 0.200 e. The number of hydrogen-bond acceptors (Lipinski definition) is 4. The van der Waals surface area contributed by atoms with Gasteiger partial charge in [-0.15, -0.1) is 0 Å². The Morgan fingerprint density at radius 1 is 1.33 bits per heavy atom. The molecule has 0 aliphatic heterocycles. The molecule has 1 aromatic rings. The minimum Gasteiger partial charge on any atom is -0.504 e. The highest BCUT2D eigenvalue weighted by Crippen LogP contribution is 2.36. The molecule has 0 saturated heterocycles. The minimum atomic E-state index is -0.382. The molecule has 1 unspecified atom stereocenters. The second kappa shape index (κ2) is 4.89. The highest BCUT2D eigenvalue weighted by Gasteiger charge is 2.09. The second-order valence-corrected chi connectivity index (χ2v) is 3.55. The zero-order valence-electron chi connectivity index (χ0n) is 8.90. The van der Waals surface area contributed by atoms with Gasteiger partial charge in [0.2, 0.25) is 5.75 Å². The van der Waals surface area contributed by atoms with Crippen molar-refractivity contribution >= 4 is 0 Å². The topological polar surface area (TPSA) is 69.9 Å². The molecule has 0 spiro atoms. The molecule has 0 bridgehead atoms. The molecule has 0 radical (unpaired) electrons. The van der Waals surface area contributed by atoms with Crippen molar-refractivity contribution in [3.05, 3.63) is 17.7 Å². The monoisotopic (exact) mass is 212 g/mol. The molecule has 1 aromatic carbocycles. The van der Waals surface area contributed by atoms with Crippen molar-refractivity contribution in [3.8, 4) is 17.2 Å². The van der Waals surface area contributed by atoms with Crippen molar-refractivity contribution in [2.75, 3.05) is 7.11 Å². The summed E-state index contributed by atoms with van der Waals surface area (Å²) in [6.45, 7) is 1.71. The molecule has 0 fully saturated rings. The number of phenols is 2. The second-order valence-electron chi connectivity index (χ2n) is 3.55. The number of benzene rings is 1. The maximum atomic E-state index is 9.38. The third kappa shape index (κ3) is 3.02. The fraction of sp³-hybridized carbons (Fsp3) is 0.455. The summed E-state index contributed by atoms with van der Waals surface area (Å²) in [5, 5.41) is 27.9. The fourth-order valence-electron chi connectivity index (χ4n) is 1.32. The molecule has 84 valence electrons. The van der Waals surface area contributed by atoms with E-state index in [-0.39, 0.29) is 23.4 Å². The third-order valence-electron chi connectivity index (χ3n) is 2.19. The van der Waals surface area contributed by atoms with Crippen LogP contribution in [-0.4, -0.2) is 28.5 Å². The largest absolute Gasteiger partial charge is 0.504 e. The maximum Gasteiger partial charge on any atom is 0.200 e. The minimum absolute atomic E-state index is 0.199. The average molecular weight is 212 g/mol. The highest BCUT2D eigenvalue weighted by atomic mass is 16.5. The van der Waals surface area contributed by atoms with Gasteiger partial charge in [0.05, 0.1) is 13.2 Å². The van der Waals surface area contributed by atoms with Crippen LogP contribution in [0.1, 0.15) is 18.9 Å². The quantitative estimate of drug-likeness (QED) is 0.660. The lowest BCUT2D eigenvalue weighted by atomic mass is 10.1. The van der Waals surface area contributed by atoms with Crippen LogP contribution in [0, 0.1) is 0 Å². The van der Waals surface area contributed by atoms with E-state index in [1.165, 1.54) is 13.2 Å². The summed E-state index contributed by atoms with van der Waals surface area (Å²) in [6.07, 6.45) is 0.849. The molecule has 0 aliphatic carbocycles. The van der Waals surface area contributed by atoms with Gasteiger partial charge in [-0.25, -0.2) is 0 Å². The molecular weight excluding hydrogens is 196 g/mol. The Bertz CT molecular complexity index is 334. The van der Waals surface area contributed by atoms with Crippen molar-refractivity contribution in [1.82, 2.24) is 0 Å². The Hall–Kier alpha value is -1.42. The number of aliphatic hydroxyl groups excluding tert-OH is 1. The molecule has 1 atom stereocenters. The highest BCUT2D eigenvalue weighted by molar-refractivity contribution is 5.51. The predicted molar refractivity (Wildman–Crippen MR) is 56.3 cm³/mol. The van der Waals surface area contributed by atoms with E-state index < -0.39 is 0 Å². The maximum absolute atomic E-state index is 9.38. The molecule has 1 rings (SSSR count). The van der Waals surface area contributed by atoms with Crippen molar-refractivity contribution < 1.29 is 20.1 Å². The van der Waals surface area contributed by atoms with Gasteiger partial charge < -0.3 is 20.1 Å². The lowest BCUT2D eigenvalue weighted by Gasteiger charge is -2.09. The lowest BCUT2D eigenvalue weighted by Crippen LogP contribution is -2.01. The number of hydrogen-bond donors (Lipinski definition) is 3. The summed E-state index contributed by atoms with van der Waals surface area (Å²) in [5.74, 6) is -0.205. The fourth-order valence-corrected chi connectivity index (χ4v) is 1.32. The van der Waals surface area contributed by atoms with Crippen molar-refractivity contribution in [1.29, 1.82) is 0 Å². The van der Waals surface area contributed by atoms with Crippen LogP contribution >= 0.6 is 0 Å². The Kier molecular flexibility index (Phi) is 3.80. The van der Waals surface area contributed by atoms with E-state index in [0.717, 1.165) is 5.56 Å². The zero-order chi connectivity index (χ0) is 11.4. The van der Waals surface area contributed by atoms with Gasteiger partial charge >= 0.3 is 0 Å².